The van der Waals surface area contributed by atoms with Crippen molar-refractivity contribution in [3.63, 3.8) is 0 Å². The molecule has 0 unspecified atom stereocenters. The van der Waals surface area contributed by atoms with Crippen molar-refractivity contribution in [3.05, 3.63) is 95.6 Å². The average Bonchev–Trinajstić information content (AvgIpc) is 2.74. The Morgan fingerprint density at radius 2 is 1.46 bits per heavy atom. The molecule has 0 heterocycles. The molecule has 0 bridgehead atoms. The van der Waals surface area contributed by atoms with Crippen LogP contribution < -0.4 is 5.32 Å². The highest BCUT2D eigenvalue weighted by Gasteiger charge is 2.13. The lowest BCUT2D eigenvalue weighted by molar-refractivity contribution is 0.0470. The molecule has 0 atom stereocenters. The van der Waals surface area contributed by atoms with E-state index in [1.807, 2.05) is 42.5 Å². The number of nitrogens with one attached hydrogen (secondary N) is 1. The van der Waals surface area contributed by atoms with Crippen molar-refractivity contribution in [2.45, 2.75) is 13.5 Å². The molecule has 0 aliphatic carbocycles. The van der Waals surface area contributed by atoms with Gasteiger partial charge in [-0.3, -0.25) is 0 Å². The van der Waals surface area contributed by atoms with E-state index in [4.69, 9.17) is 9.47 Å². The monoisotopic (exact) mass is 375 g/mol. The van der Waals surface area contributed by atoms with Crippen molar-refractivity contribution >= 4 is 23.3 Å². The Morgan fingerprint density at radius 3 is 2.18 bits per heavy atom. The van der Waals surface area contributed by atoms with Gasteiger partial charge in [0.15, 0.2) is 0 Å². The maximum Gasteiger partial charge on any atom is 0.340 e. The molecule has 0 spiro atoms. The molecule has 0 saturated carbocycles. The lowest BCUT2D eigenvalue weighted by Gasteiger charge is -2.12. The molecule has 28 heavy (non-hydrogen) atoms. The second kappa shape index (κ2) is 9.37. The van der Waals surface area contributed by atoms with E-state index in [0.29, 0.717) is 23.4 Å². The van der Waals surface area contributed by atoms with Gasteiger partial charge in [-0.15, -0.1) is 0 Å². The number of ether oxygens (including phenoxy) is 2. The molecule has 0 amide bonds. The number of carbonyl (C=O) groups is 2. The van der Waals surface area contributed by atoms with Crippen LogP contribution in [-0.2, 0) is 16.1 Å². The van der Waals surface area contributed by atoms with Crippen LogP contribution in [0.1, 0.15) is 33.2 Å². The van der Waals surface area contributed by atoms with Crippen LogP contribution >= 0.6 is 0 Å². The molecule has 3 aromatic carbocycles. The van der Waals surface area contributed by atoms with E-state index in [1.165, 1.54) is 0 Å². The highest BCUT2D eigenvalue weighted by atomic mass is 16.5. The molecule has 3 aromatic rings. The lowest BCUT2D eigenvalue weighted by Crippen LogP contribution is -2.08. The minimum Gasteiger partial charge on any atom is -0.462 e. The molecule has 1 N–H and O–H groups in total. The molecule has 0 aliphatic rings. The third-order valence-electron chi connectivity index (χ3n) is 4.03. The molecule has 5 heteroatoms. The van der Waals surface area contributed by atoms with Gasteiger partial charge in [0.1, 0.15) is 6.61 Å². The Balaban J connectivity index is 1.65. The minimum atomic E-state index is -0.423. The Bertz CT molecular complexity index is 936. The van der Waals surface area contributed by atoms with Crippen LogP contribution in [0.2, 0.25) is 0 Å². The van der Waals surface area contributed by atoms with Gasteiger partial charge in [0.25, 0.3) is 0 Å². The lowest BCUT2D eigenvalue weighted by atomic mass is 10.1. The number of hydrogen-bond acceptors (Lipinski definition) is 5. The fourth-order valence-electron chi connectivity index (χ4n) is 2.63. The Morgan fingerprint density at radius 1 is 0.786 bits per heavy atom. The molecule has 0 aromatic heterocycles. The molecular weight excluding hydrogens is 354 g/mol. The Kier molecular flexibility index (Phi) is 6.41. The third kappa shape index (κ3) is 4.98. The van der Waals surface area contributed by atoms with Crippen LogP contribution in [0.25, 0.3) is 0 Å². The summed E-state index contributed by atoms with van der Waals surface area (Å²) in [5.74, 6) is -0.791. The maximum absolute atomic E-state index is 12.6. The highest BCUT2D eigenvalue weighted by molar-refractivity contribution is 5.96. The number of rotatable bonds is 7. The molecule has 142 valence electrons. The smallest absolute Gasteiger partial charge is 0.340 e. The predicted molar refractivity (Wildman–Crippen MR) is 108 cm³/mol. The largest absolute Gasteiger partial charge is 0.462 e. The van der Waals surface area contributed by atoms with Crippen LogP contribution in [-0.4, -0.2) is 18.5 Å². The summed E-state index contributed by atoms with van der Waals surface area (Å²) in [6.45, 7) is 2.20. The second-order valence-electron chi connectivity index (χ2n) is 6.03. The topological polar surface area (TPSA) is 64.6 Å². The van der Waals surface area contributed by atoms with Crippen molar-refractivity contribution < 1.29 is 19.1 Å². The Hall–Kier alpha value is -3.60. The van der Waals surface area contributed by atoms with Gasteiger partial charge in [-0.2, -0.15) is 0 Å². The molecule has 0 aliphatic heterocycles. The summed E-state index contributed by atoms with van der Waals surface area (Å²) in [5, 5.41) is 3.23. The second-order valence-corrected chi connectivity index (χ2v) is 6.03. The molecule has 0 radical (unpaired) electrons. The first-order valence-corrected chi connectivity index (χ1v) is 9.01. The summed E-state index contributed by atoms with van der Waals surface area (Å²) < 4.78 is 10.4. The number of benzene rings is 3. The molecule has 0 fully saturated rings. The van der Waals surface area contributed by atoms with Crippen LogP contribution in [0, 0.1) is 0 Å². The van der Waals surface area contributed by atoms with Gasteiger partial charge in [-0.1, -0.05) is 42.5 Å². The van der Waals surface area contributed by atoms with Crippen molar-refractivity contribution in [2.75, 3.05) is 11.9 Å². The zero-order valence-corrected chi connectivity index (χ0v) is 15.6. The zero-order valence-electron chi connectivity index (χ0n) is 15.6. The summed E-state index contributed by atoms with van der Waals surface area (Å²) in [4.78, 5) is 24.2. The fraction of sp³-hybridized carbons (Fsp3) is 0.130. The van der Waals surface area contributed by atoms with Gasteiger partial charge in [0, 0.05) is 5.69 Å². The van der Waals surface area contributed by atoms with Crippen molar-refractivity contribution in [3.8, 4) is 0 Å². The van der Waals surface area contributed by atoms with E-state index in [1.54, 1.807) is 43.3 Å². The highest BCUT2D eigenvalue weighted by Crippen LogP contribution is 2.22. The molecule has 5 nitrogen and oxygen atoms in total. The zero-order chi connectivity index (χ0) is 19.8. The van der Waals surface area contributed by atoms with Crippen molar-refractivity contribution in [1.82, 2.24) is 0 Å². The van der Waals surface area contributed by atoms with Gasteiger partial charge in [0.2, 0.25) is 0 Å². The van der Waals surface area contributed by atoms with Gasteiger partial charge < -0.3 is 14.8 Å². The third-order valence-corrected chi connectivity index (χ3v) is 4.03. The SMILES string of the molecule is CCOC(=O)c1ccc(COC(=O)c2ccccc2Nc2ccccc2)cc1. The van der Waals surface area contributed by atoms with Gasteiger partial charge >= 0.3 is 11.9 Å². The fourth-order valence-corrected chi connectivity index (χ4v) is 2.63. The van der Waals surface area contributed by atoms with Crippen molar-refractivity contribution in [1.29, 1.82) is 0 Å². The van der Waals surface area contributed by atoms with Crippen LogP contribution in [0.3, 0.4) is 0 Å². The molecule has 0 saturated heterocycles. The first-order chi connectivity index (χ1) is 13.7. The van der Waals surface area contributed by atoms with E-state index in [2.05, 4.69) is 5.32 Å². The first kappa shape index (κ1) is 19.2. The summed E-state index contributed by atoms with van der Waals surface area (Å²) in [7, 11) is 0. The average molecular weight is 375 g/mol. The van der Waals surface area contributed by atoms with E-state index in [0.717, 1.165) is 11.3 Å². The van der Waals surface area contributed by atoms with Gasteiger partial charge in [0.05, 0.1) is 23.4 Å². The van der Waals surface area contributed by atoms with E-state index < -0.39 is 5.97 Å². The number of anilines is 2. The van der Waals surface area contributed by atoms with E-state index in [-0.39, 0.29) is 12.6 Å². The normalized spacial score (nSPS) is 10.2. The van der Waals surface area contributed by atoms with Gasteiger partial charge in [-0.25, -0.2) is 9.59 Å². The predicted octanol–water partition coefficient (Wildman–Crippen LogP) is 4.96. The maximum atomic E-state index is 12.6. The van der Waals surface area contributed by atoms with Gasteiger partial charge in [-0.05, 0) is 48.9 Å². The summed E-state index contributed by atoms with van der Waals surface area (Å²) in [6, 6.07) is 23.6. The quantitative estimate of drug-likeness (QED) is 0.591. The molecular formula is C23H21NO4. The van der Waals surface area contributed by atoms with E-state index in [9.17, 15) is 9.59 Å². The number of para-hydroxylation sites is 2. The van der Waals surface area contributed by atoms with E-state index >= 15 is 0 Å². The summed E-state index contributed by atoms with van der Waals surface area (Å²) >= 11 is 0. The number of esters is 2. The minimum absolute atomic E-state index is 0.113. The first-order valence-electron chi connectivity index (χ1n) is 9.01. The number of carbonyl (C=O) groups excluding carboxylic acids is 2. The summed E-state index contributed by atoms with van der Waals surface area (Å²) in [6.07, 6.45) is 0. The number of hydrogen-bond donors (Lipinski definition) is 1. The molecule has 3 rings (SSSR count). The van der Waals surface area contributed by atoms with Crippen LogP contribution in [0.15, 0.2) is 78.9 Å². The van der Waals surface area contributed by atoms with Crippen LogP contribution in [0.4, 0.5) is 11.4 Å². The standard InChI is InChI=1S/C23H21NO4/c1-2-27-22(25)18-14-12-17(13-15-18)16-28-23(26)20-10-6-7-11-21(20)24-19-8-4-3-5-9-19/h3-15,24H,2,16H2,1H3. The summed E-state index contributed by atoms with van der Waals surface area (Å²) in [5.41, 5.74) is 3.27. The van der Waals surface area contributed by atoms with Crippen molar-refractivity contribution in [2.24, 2.45) is 0 Å². The Labute approximate surface area is 163 Å². The van der Waals surface area contributed by atoms with Crippen LogP contribution in [0.5, 0.6) is 0 Å².